The fourth-order valence-corrected chi connectivity index (χ4v) is 3.92. The second kappa shape index (κ2) is 10.8. The normalized spacial score (nSPS) is 10.6. The van der Waals surface area contributed by atoms with Gasteiger partial charge in [0.25, 0.3) is 5.91 Å². The molecule has 1 amide bonds. The van der Waals surface area contributed by atoms with E-state index in [0.29, 0.717) is 41.5 Å². The summed E-state index contributed by atoms with van der Waals surface area (Å²) < 4.78 is 18.0. The van der Waals surface area contributed by atoms with Crippen LogP contribution < -0.4 is 14.2 Å². The Kier molecular flexibility index (Phi) is 7.35. The van der Waals surface area contributed by atoms with Crippen LogP contribution in [0.25, 0.3) is 16.9 Å². The monoisotopic (exact) mass is 471 g/mol. The molecular weight excluding hydrogens is 442 g/mol. The molecule has 180 valence electrons. The third-order valence-corrected chi connectivity index (χ3v) is 5.86. The molecule has 0 saturated heterocycles. The van der Waals surface area contributed by atoms with Gasteiger partial charge in [0.1, 0.15) is 11.4 Å². The summed E-state index contributed by atoms with van der Waals surface area (Å²) in [6.07, 6.45) is 2.45. The number of carbonyl (C=O) groups is 1. The number of methoxy groups -OCH3 is 3. The van der Waals surface area contributed by atoms with Gasteiger partial charge in [0, 0.05) is 25.4 Å². The molecular formula is C28H29N3O4. The Morgan fingerprint density at radius 1 is 0.857 bits per heavy atom. The Morgan fingerprint density at radius 2 is 1.54 bits per heavy atom. The Labute approximate surface area is 205 Å². The van der Waals surface area contributed by atoms with Gasteiger partial charge < -0.3 is 19.1 Å². The van der Waals surface area contributed by atoms with Crippen molar-refractivity contribution in [3.63, 3.8) is 0 Å². The number of hydrogen-bond donors (Lipinski definition) is 0. The predicted molar refractivity (Wildman–Crippen MR) is 136 cm³/mol. The molecule has 0 aliphatic heterocycles. The van der Waals surface area contributed by atoms with Crippen LogP contribution in [-0.2, 0) is 6.42 Å². The summed E-state index contributed by atoms with van der Waals surface area (Å²) in [4.78, 5) is 15.3. The molecule has 0 spiro atoms. The van der Waals surface area contributed by atoms with Gasteiger partial charge in [-0.1, -0.05) is 36.4 Å². The first kappa shape index (κ1) is 23.9. The van der Waals surface area contributed by atoms with E-state index in [1.165, 1.54) is 0 Å². The second-order valence-electron chi connectivity index (χ2n) is 8.04. The Morgan fingerprint density at radius 3 is 2.26 bits per heavy atom. The number of benzene rings is 3. The smallest absolute Gasteiger partial charge is 0.257 e. The number of hydrogen-bond acceptors (Lipinski definition) is 5. The van der Waals surface area contributed by atoms with Crippen molar-refractivity contribution in [1.82, 2.24) is 14.7 Å². The van der Waals surface area contributed by atoms with Crippen LogP contribution in [-0.4, -0.2) is 55.5 Å². The lowest BCUT2D eigenvalue weighted by Gasteiger charge is -2.18. The summed E-state index contributed by atoms with van der Waals surface area (Å²) in [5.41, 5.74) is 3.77. The molecule has 3 aromatic carbocycles. The molecule has 0 fully saturated rings. The lowest BCUT2D eigenvalue weighted by molar-refractivity contribution is 0.0797. The topological polar surface area (TPSA) is 65.8 Å². The van der Waals surface area contributed by atoms with Gasteiger partial charge >= 0.3 is 0 Å². The third kappa shape index (κ3) is 5.14. The van der Waals surface area contributed by atoms with Gasteiger partial charge in [0.15, 0.2) is 11.5 Å². The third-order valence-electron chi connectivity index (χ3n) is 5.86. The molecule has 0 aliphatic carbocycles. The maximum Gasteiger partial charge on any atom is 0.257 e. The fraction of sp³-hybridized carbons (Fsp3) is 0.214. The van der Waals surface area contributed by atoms with E-state index in [1.54, 1.807) is 44.2 Å². The minimum absolute atomic E-state index is 0.117. The molecule has 1 aromatic heterocycles. The summed E-state index contributed by atoms with van der Waals surface area (Å²) in [5, 5.41) is 4.78. The fourth-order valence-electron chi connectivity index (χ4n) is 3.92. The molecule has 0 N–H and O–H groups in total. The first-order chi connectivity index (χ1) is 17.0. The molecule has 0 aliphatic rings. The number of carbonyl (C=O) groups excluding carboxylic acids is 1. The molecule has 7 nitrogen and oxygen atoms in total. The van der Waals surface area contributed by atoms with E-state index < -0.39 is 0 Å². The second-order valence-corrected chi connectivity index (χ2v) is 8.04. The highest BCUT2D eigenvalue weighted by Crippen LogP contribution is 2.32. The average molecular weight is 472 g/mol. The summed E-state index contributed by atoms with van der Waals surface area (Å²) in [5.74, 6) is 1.89. The van der Waals surface area contributed by atoms with Gasteiger partial charge in [0.05, 0.1) is 32.6 Å². The van der Waals surface area contributed by atoms with Crippen molar-refractivity contribution in [1.29, 1.82) is 0 Å². The van der Waals surface area contributed by atoms with Crippen LogP contribution in [0.15, 0.2) is 79.0 Å². The van der Waals surface area contributed by atoms with Crippen LogP contribution in [0.4, 0.5) is 0 Å². The molecule has 0 unspecified atom stereocenters. The van der Waals surface area contributed by atoms with Crippen LogP contribution in [0.5, 0.6) is 17.2 Å². The van der Waals surface area contributed by atoms with Gasteiger partial charge in [0.2, 0.25) is 0 Å². The summed E-state index contributed by atoms with van der Waals surface area (Å²) >= 11 is 0. The quantitative estimate of drug-likeness (QED) is 0.348. The van der Waals surface area contributed by atoms with Gasteiger partial charge in [-0.2, -0.15) is 5.10 Å². The Balaban J connectivity index is 1.63. The Hall–Kier alpha value is -4.26. The number of ether oxygens (including phenoxy) is 3. The van der Waals surface area contributed by atoms with Crippen molar-refractivity contribution >= 4 is 5.91 Å². The maximum atomic E-state index is 13.6. The van der Waals surface area contributed by atoms with Crippen molar-refractivity contribution in [2.45, 2.75) is 6.42 Å². The maximum absolute atomic E-state index is 13.6. The van der Waals surface area contributed by atoms with E-state index in [4.69, 9.17) is 19.3 Å². The highest BCUT2D eigenvalue weighted by Gasteiger charge is 2.23. The molecule has 7 heteroatoms. The van der Waals surface area contributed by atoms with Crippen molar-refractivity contribution < 1.29 is 19.0 Å². The molecule has 1 heterocycles. The zero-order valence-electron chi connectivity index (χ0n) is 20.4. The minimum Gasteiger partial charge on any atom is -0.496 e. The van der Waals surface area contributed by atoms with E-state index in [1.807, 2.05) is 72.8 Å². The zero-order valence-corrected chi connectivity index (χ0v) is 20.4. The van der Waals surface area contributed by atoms with E-state index in [2.05, 4.69) is 0 Å². The average Bonchev–Trinajstić information content (AvgIpc) is 3.36. The standard InChI is InChI=1S/C28H29N3O4/c1-30(17-16-20-14-15-25(34-3)26(18-20)35-4)28(32)23-19-31(21-10-6-5-7-11-21)29-27(23)22-12-8-9-13-24(22)33-2/h5-15,18-19H,16-17H2,1-4H3. The number of para-hydroxylation sites is 2. The SMILES string of the molecule is COc1ccc(CCN(C)C(=O)c2cn(-c3ccccc3)nc2-c2ccccc2OC)cc1OC. The van der Waals surface area contributed by atoms with E-state index in [9.17, 15) is 4.79 Å². The molecule has 0 radical (unpaired) electrons. The largest absolute Gasteiger partial charge is 0.496 e. The molecule has 4 rings (SSSR count). The number of amides is 1. The zero-order chi connectivity index (χ0) is 24.8. The molecule has 0 saturated carbocycles. The van der Waals surface area contributed by atoms with Crippen molar-refractivity contribution in [3.8, 4) is 34.2 Å². The van der Waals surface area contributed by atoms with Crippen LogP contribution >= 0.6 is 0 Å². The van der Waals surface area contributed by atoms with Gasteiger partial charge in [-0.25, -0.2) is 4.68 Å². The minimum atomic E-state index is -0.117. The molecule has 35 heavy (non-hydrogen) atoms. The first-order valence-corrected chi connectivity index (χ1v) is 11.3. The number of rotatable bonds is 9. The predicted octanol–water partition coefficient (Wildman–Crippen LogP) is 4.88. The Bertz CT molecular complexity index is 1300. The molecule has 0 bridgehead atoms. The van der Waals surface area contributed by atoms with Crippen LogP contribution in [0.3, 0.4) is 0 Å². The van der Waals surface area contributed by atoms with Crippen molar-refractivity contribution in [2.75, 3.05) is 34.9 Å². The molecule has 0 atom stereocenters. The van der Waals surface area contributed by atoms with Gasteiger partial charge in [-0.15, -0.1) is 0 Å². The molecule has 4 aromatic rings. The van der Waals surface area contributed by atoms with Crippen molar-refractivity contribution in [3.05, 3.63) is 90.1 Å². The highest BCUT2D eigenvalue weighted by atomic mass is 16.5. The van der Waals surface area contributed by atoms with E-state index in [-0.39, 0.29) is 5.91 Å². The number of likely N-dealkylation sites (N-methyl/N-ethyl adjacent to an activating group) is 1. The number of nitrogens with zero attached hydrogens (tertiary/aromatic N) is 3. The van der Waals surface area contributed by atoms with Crippen LogP contribution in [0, 0.1) is 0 Å². The van der Waals surface area contributed by atoms with Crippen molar-refractivity contribution in [2.24, 2.45) is 0 Å². The summed E-state index contributed by atoms with van der Waals surface area (Å²) in [6, 6.07) is 23.1. The first-order valence-electron chi connectivity index (χ1n) is 11.3. The number of aromatic nitrogens is 2. The van der Waals surface area contributed by atoms with E-state index >= 15 is 0 Å². The lowest BCUT2D eigenvalue weighted by atomic mass is 10.1. The van der Waals surface area contributed by atoms with Gasteiger partial charge in [-0.05, 0) is 48.4 Å². The van der Waals surface area contributed by atoms with Gasteiger partial charge in [-0.3, -0.25) is 4.79 Å². The lowest BCUT2D eigenvalue weighted by Crippen LogP contribution is -2.29. The van der Waals surface area contributed by atoms with Crippen LogP contribution in [0.1, 0.15) is 15.9 Å². The van der Waals surface area contributed by atoms with Crippen LogP contribution in [0.2, 0.25) is 0 Å². The highest BCUT2D eigenvalue weighted by molar-refractivity contribution is 6.00. The van der Waals surface area contributed by atoms with E-state index in [0.717, 1.165) is 16.8 Å². The summed E-state index contributed by atoms with van der Waals surface area (Å²) in [7, 11) is 6.64. The summed E-state index contributed by atoms with van der Waals surface area (Å²) in [6.45, 7) is 0.524.